The maximum Gasteiger partial charge on any atom is 0.149 e. The van der Waals surface area contributed by atoms with E-state index < -0.39 is 0 Å². The summed E-state index contributed by atoms with van der Waals surface area (Å²) >= 11 is 0. The van der Waals surface area contributed by atoms with Gasteiger partial charge in [0.05, 0.1) is 6.04 Å². The van der Waals surface area contributed by atoms with Gasteiger partial charge in [-0.25, -0.2) is 0 Å². The molecule has 0 aliphatic rings. The predicted molar refractivity (Wildman–Crippen MR) is 43.1 cm³/mol. The van der Waals surface area contributed by atoms with Crippen molar-refractivity contribution in [2.24, 2.45) is 0 Å². The molecule has 0 aromatic carbocycles. The second kappa shape index (κ2) is 5.42. The highest BCUT2D eigenvalue weighted by Crippen LogP contribution is 1.99. The Morgan fingerprint density at radius 2 is 2.10 bits per heavy atom. The number of carbonyl (C=O) groups excluding carboxylic acids is 1. The Morgan fingerprint density at radius 1 is 1.50 bits per heavy atom. The molecule has 0 fully saturated rings. The molecule has 0 saturated carbocycles. The van der Waals surface area contributed by atoms with E-state index in [1.807, 2.05) is 14.0 Å². The number of hydrogen-bond acceptors (Lipinski definition) is 2. The molecule has 0 rings (SSSR count). The minimum atomic E-state index is 0.0926. The largest absolute Gasteiger partial charge is 0.311 e. The Labute approximate surface area is 63.0 Å². The van der Waals surface area contributed by atoms with E-state index in [0.717, 1.165) is 12.8 Å². The van der Waals surface area contributed by atoms with E-state index in [4.69, 9.17) is 0 Å². The fraction of sp³-hybridized carbons (Fsp3) is 0.875. The van der Waals surface area contributed by atoms with Crippen LogP contribution in [0.4, 0.5) is 0 Å². The first kappa shape index (κ1) is 9.63. The average molecular weight is 143 g/mol. The molecule has 0 amide bonds. The second-order valence-electron chi connectivity index (χ2n) is 2.45. The van der Waals surface area contributed by atoms with Gasteiger partial charge in [-0.2, -0.15) is 0 Å². The highest BCUT2D eigenvalue weighted by atomic mass is 16.1. The van der Waals surface area contributed by atoms with Crippen molar-refractivity contribution in [3.63, 3.8) is 0 Å². The molecule has 0 saturated heterocycles. The Balaban J connectivity index is 3.68. The van der Waals surface area contributed by atoms with E-state index in [1.165, 1.54) is 0 Å². The summed E-state index contributed by atoms with van der Waals surface area (Å²) in [4.78, 5) is 11.1. The minimum Gasteiger partial charge on any atom is -0.311 e. The van der Waals surface area contributed by atoms with Crippen molar-refractivity contribution >= 4 is 5.78 Å². The summed E-state index contributed by atoms with van der Waals surface area (Å²) in [6.45, 7) is 4.00. The number of ketones is 1. The van der Waals surface area contributed by atoms with Gasteiger partial charge in [-0.3, -0.25) is 4.79 Å². The van der Waals surface area contributed by atoms with Crippen LogP contribution in [0.3, 0.4) is 0 Å². The molecule has 0 aliphatic carbocycles. The number of nitrogens with one attached hydrogen (secondary N) is 1. The lowest BCUT2D eigenvalue weighted by atomic mass is 10.1. The van der Waals surface area contributed by atoms with Gasteiger partial charge in [-0.1, -0.05) is 20.3 Å². The molecular formula is C8H17NO. The van der Waals surface area contributed by atoms with Crippen molar-refractivity contribution in [2.45, 2.75) is 39.2 Å². The number of hydrogen-bond donors (Lipinski definition) is 1. The smallest absolute Gasteiger partial charge is 0.149 e. The summed E-state index contributed by atoms with van der Waals surface area (Å²) in [5.41, 5.74) is 0. The lowest BCUT2D eigenvalue weighted by Gasteiger charge is -2.11. The molecule has 10 heavy (non-hydrogen) atoms. The van der Waals surface area contributed by atoms with Gasteiger partial charge < -0.3 is 5.32 Å². The molecule has 0 aliphatic heterocycles. The van der Waals surface area contributed by atoms with Crippen molar-refractivity contribution in [1.82, 2.24) is 5.32 Å². The van der Waals surface area contributed by atoms with Gasteiger partial charge in [0.15, 0.2) is 0 Å². The average Bonchev–Trinajstić information content (AvgIpc) is 1.99. The lowest BCUT2D eigenvalue weighted by molar-refractivity contribution is -0.120. The van der Waals surface area contributed by atoms with E-state index in [2.05, 4.69) is 12.2 Å². The van der Waals surface area contributed by atoms with E-state index >= 15 is 0 Å². The van der Waals surface area contributed by atoms with Crippen LogP contribution in [0.15, 0.2) is 0 Å². The van der Waals surface area contributed by atoms with Gasteiger partial charge >= 0.3 is 0 Å². The normalized spacial score (nSPS) is 13.1. The van der Waals surface area contributed by atoms with Crippen molar-refractivity contribution in [3.05, 3.63) is 0 Å². The summed E-state index contributed by atoms with van der Waals surface area (Å²) < 4.78 is 0. The molecule has 60 valence electrons. The summed E-state index contributed by atoms with van der Waals surface area (Å²) in [6, 6.07) is 0.0926. The van der Waals surface area contributed by atoms with Crippen LogP contribution >= 0.6 is 0 Å². The van der Waals surface area contributed by atoms with E-state index in [9.17, 15) is 4.79 Å². The number of Topliss-reactive ketones (excluding diaryl/α,β-unsaturated/α-hetero) is 1. The Hall–Kier alpha value is -0.370. The third-order valence-electron chi connectivity index (χ3n) is 1.66. The van der Waals surface area contributed by atoms with Gasteiger partial charge in [0.2, 0.25) is 0 Å². The fourth-order valence-electron chi connectivity index (χ4n) is 1.00. The Bertz CT molecular complexity index is 101. The zero-order valence-electron chi connectivity index (χ0n) is 7.11. The van der Waals surface area contributed by atoms with Crippen LogP contribution in [0, 0.1) is 0 Å². The zero-order valence-corrected chi connectivity index (χ0v) is 7.11. The van der Waals surface area contributed by atoms with Crippen LogP contribution in [0.2, 0.25) is 0 Å². The molecule has 0 bridgehead atoms. The molecule has 1 unspecified atom stereocenters. The molecule has 0 aromatic rings. The quantitative estimate of drug-likeness (QED) is 0.629. The number of likely N-dealkylation sites (N-methyl/N-ethyl adjacent to an activating group) is 1. The molecule has 0 spiro atoms. The molecule has 0 aromatic heterocycles. The van der Waals surface area contributed by atoms with Gasteiger partial charge in [0.25, 0.3) is 0 Å². The first-order valence-corrected chi connectivity index (χ1v) is 3.96. The van der Waals surface area contributed by atoms with Crippen LogP contribution in [-0.2, 0) is 4.79 Å². The molecule has 2 heteroatoms. The molecule has 1 N–H and O–H groups in total. The topological polar surface area (TPSA) is 29.1 Å². The van der Waals surface area contributed by atoms with Crippen molar-refractivity contribution in [2.75, 3.05) is 7.05 Å². The summed E-state index contributed by atoms with van der Waals surface area (Å²) in [7, 11) is 1.84. The van der Waals surface area contributed by atoms with Gasteiger partial charge in [0.1, 0.15) is 5.78 Å². The highest BCUT2D eigenvalue weighted by Gasteiger charge is 2.11. The second-order valence-corrected chi connectivity index (χ2v) is 2.45. The van der Waals surface area contributed by atoms with E-state index in [1.54, 1.807) is 0 Å². The van der Waals surface area contributed by atoms with Gasteiger partial charge in [0, 0.05) is 6.42 Å². The van der Waals surface area contributed by atoms with E-state index in [-0.39, 0.29) is 6.04 Å². The predicted octanol–water partition coefficient (Wildman–Crippen LogP) is 1.35. The molecule has 0 heterocycles. The number of carbonyl (C=O) groups is 1. The fourth-order valence-corrected chi connectivity index (χ4v) is 1.00. The summed E-state index contributed by atoms with van der Waals surface area (Å²) in [6.07, 6.45) is 2.67. The van der Waals surface area contributed by atoms with Gasteiger partial charge in [-0.05, 0) is 13.5 Å². The van der Waals surface area contributed by atoms with E-state index in [0.29, 0.717) is 12.2 Å². The first-order chi connectivity index (χ1) is 4.76. The van der Waals surface area contributed by atoms with Crippen LogP contribution in [-0.4, -0.2) is 18.9 Å². The summed E-state index contributed by atoms with van der Waals surface area (Å²) in [5.74, 6) is 0.323. The zero-order chi connectivity index (χ0) is 7.98. The maximum atomic E-state index is 11.1. The van der Waals surface area contributed by atoms with Crippen LogP contribution in [0.1, 0.15) is 33.1 Å². The minimum absolute atomic E-state index is 0.0926. The van der Waals surface area contributed by atoms with Crippen molar-refractivity contribution < 1.29 is 4.79 Å². The van der Waals surface area contributed by atoms with Crippen molar-refractivity contribution in [1.29, 1.82) is 0 Å². The van der Waals surface area contributed by atoms with Crippen LogP contribution < -0.4 is 5.32 Å². The van der Waals surface area contributed by atoms with Gasteiger partial charge in [-0.15, -0.1) is 0 Å². The number of rotatable bonds is 5. The lowest BCUT2D eigenvalue weighted by Crippen LogP contribution is -2.33. The Kier molecular flexibility index (Phi) is 5.22. The Morgan fingerprint density at radius 3 is 2.40 bits per heavy atom. The van der Waals surface area contributed by atoms with Crippen LogP contribution in [0.5, 0.6) is 0 Å². The third kappa shape index (κ3) is 2.97. The monoisotopic (exact) mass is 143 g/mol. The summed E-state index contributed by atoms with van der Waals surface area (Å²) in [5, 5.41) is 3.00. The third-order valence-corrected chi connectivity index (χ3v) is 1.66. The molecule has 0 radical (unpaired) electrons. The van der Waals surface area contributed by atoms with Crippen molar-refractivity contribution in [3.8, 4) is 0 Å². The SMILES string of the molecule is CCCC(NC)C(=O)CC. The standard InChI is InChI=1S/C8H17NO/c1-4-6-7(9-3)8(10)5-2/h7,9H,4-6H2,1-3H3. The first-order valence-electron chi connectivity index (χ1n) is 3.96. The maximum absolute atomic E-state index is 11.1. The molecule has 2 nitrogen and oxygen atoms in total. The highest BCUT2D eigenvalue weighted by molar-refractivity contribution is 5.83. The van der Waals surface area contributed by atoms with Crippen LogP contribution in [0.25, 0.3) is 0 Å². The molecular weight excluding hydrogens is 126 g/mol. The molecule has 1 atom stereocenters.